The van der Waals surface area contributed by atoms with E-state index in [9.17, 15) is 18.5 Å². The van der Waals surface area contributed by atoms with Crippen molar-refractivity contribution in [1.82, 2.24) is 4.31 Å². The topological polar surface area (TPSA) is 80.5 Å². The van der Waals surface area contributed by atoms with Gasteiger partial charge in [-0.05, 0) is 18.9 Å². The van der Waals surface area contributed by atoms with E-state index in [0.717, 1.165) is 18.9 Å². The van der Waals surface area contributed by atoms with E-state index in [1.54, 1.807) is 0 Å². The SMILES string of the molecule is O=[N+]([O-])c1ccc(Cl)c(S(=O)(=O)N2CCCC2)c1. The Morgan fingerprint density at radius 1 is 1.28 bits per heavy atom. The third-order valence-electron chi connectivity index (χ3n) is 2.81. The first-order valence-electron chi connectivity index (χ1n) is 5.37. The van der Waals surface area contributed by atoms with Crippen molar-refractivity contribution in [1.29, 1.82) is 0 Å². The van der Waals surface area contributed by atoms with Crippen LogP contribution in [-0.4, -0.2) is 30.7 Å². The average molecular weight is 291 g/mol. The summed E-state index contributed by atoms with van der Waals surface area (Å²) >= 11 is 5.84. The first kappa shape index (κ1) is 13.3. The molecule has 0 atom stereocenters. The number of nitro groups is 1. The molecule has 0 saturated carbocycles. The molecular weight excluding hydrogens is 280 g/mol. The van der Waals surface area contributed by atoms with Gasteiger partial charge in [-0.3, -0.25) is 10.1 Å². The molecule has 1 aliphatic heterocycles. The van der Waals surface area contributed by atoms with E-state index >= 15 is 0 Å². The Kier molecular flexibility index (Phi) is 3.56. The summed E-state index contributed by atoms with van der Waals surface area (Å²) in [6.45, 7) is 0.864. The summed E-state index contributed by atoms with van der Waals surface area (Å²) in [4.78, 5) is 9.83. The van der Waals surface area contributed by atoms with Crippen LogP contribution in [0.15, 0.2) is 23.1 Å². The van der Waals surface area contributed by atoms with Crippen molar-refractivity contribution >= 4 is 27.3 Å². The molecule has 1 heterocycles. The first-order chi connectivity index (χ1) is 8.43. The van der Waals surface area contributed by atoms with Gasteiger partial charge in [-0.2, -0.15) is 4.31 Å². The summed E-state index contributed by atoms with van der Waals surface area (Å²) < 4.78 is 25.8. The highest BCUT2D eigenvalue weighted by atomic mass is 35.5. The van der Waals surface area contributed by atoms with Gasteiger partial charge in [0.25, 0.3) is 5.69 Å². The lowest BCUT2D eigenvalue weighted by molar-refractivity contribution is -0.385. The zero-order chi connectivity index (χ0) is 13.3. The van der Waals surface area contributed by atoms with Crippen molar-refractivity contribution in [2.24, 2.45) is 0 Å². The zero-order valence-electron chi connectivity index (χ0n) is 9.37. The summed E-state index contributed by atoms with van der Waals surface area (Å²) in [7, 11) is -3.73. The van der Waals surface area contributed by atoms with Gasteiger partial charge in [-0.1, -0.05) is 11.6 Å². The molecule has 2 rings (SSSR count). The van der Waals surface area contributed by atoms with Crippen LogP contribution in [0.5, 0.6) is 0 Å². The lowest BCUT2D eigenvalue weighted by atomic mass is 10.3. The third-order valence-corrected chi connectivity index (χ3v) is 5.19. The summed E-state index contributed by atoms with van der Waals surface area (Å²) in [6.07, 6.45) is 1.59. The second kappa shape index (κ2) is 4.83. The summed E-state index contributed by atoms with van der Waals surface area (Å²) in [5.74, 6) is 0. The van der Waals surface area contributed by atoms with E-state index in [1.807, 2.05) is 0 Å². The maximum Gasteiger partial charge on any atom is 0.270 e. The number of sulfonamides is 1. The van der Waals surface area contributed by atoms with Gasteiger partial charge >= 0.3 is 0 Å². The minimum atomic E-state index is -3.73. The molecule has 1 saturated heterocycles. The van der Waals surface area contributed by atoms with E-state index < -0.39 is 14.9 Å². The van der Waals surface area contributed by atoms with Gasteiger partial charge in [-0.15, -0.1) is 0 Å². The van der Waals surface area contributed by atoms with Crippen LogP contribution >= 0.6 is 11.6 Å². The van der Waals surface area contributed by atoms with Crippen LogP contribution in [-0.2, 0) is 10.0 Å². The highest BCUT2D eigenvalue weighted by Crippen LogP contribution is 2.30. The highest BCUT2D eigenvalue weighted by molar-refractivity contribution is 7.89. The molecule has 0 bridgehead atoms. The van der Waals surface area contributed by atoms with E-state index in [-0.39, 0.29) is 15.6 Å². The minimum absolute atomic E-state index is 0.00694. The Balaban J connectivity index is 2.49. The number of non-ortho nitro benzene ring substituents is 1. The molecule has 1 aromatic rings. The van der Waals surface area contributed by atoms with Crippen molar-refractivity contribution in [3.8, 4) is 0 Å². The van der Waals surface area contributed by atoms with Crippen LogP contribution in [0.25, 0.3) is 0 Å². The van der Waals surface area contributed by atoms with Crippen molar-refractivity contribution in [2.75, 3.05) is 13.1 Å². The fourth-order valence-electron chi connectivity index (χ4n) is 1.87. The molecule has 0 radical (unpaired) electrons. The fraction of sp³-hybridized carbons (Fsp3) is 0.400. The van der Waals surface area contributed by atoms with Crippen LogP contribution in [0, 0.1) is 10.1 Å². The van der Waals surface area contributed by atoms with E-state index in [1.165, 1.54) is 16.4 Å². The lowest BCUT2D eigenvalue weighted by Crippen LogP contribution is -2.28. The van der Waals surface area contributed by atoms with Crippen molar-refractivity contribution in [3.63, 3.8) is 0 Å². The van der Waals surface area contributed by atoms with Gasteiger partial charge in [0.15, 0.2) is 0 Å². The maximum absolute atomic E-state index is 12.2. The Labute approximate surface area is 109 Å². The molecule has 1 aliphatic rings. The molecule has 0 N–H and O–H groups in total. The second-order valence-electron chi connectivity index (χ2n) is 3.98. The number of hydrogen-bond acceptors (Lipinski definition) is 4. The van der Waals surface area contributed by atoms with Crippen LogP contribution < -0.4 is 0 Å². The number of rotatable bonds is 3. The van der Waals surface area contributed by atoms with Gasteiger partial charge in [0.2, 0.25) is 10.0 Å². The Morgan fingerprint density at radius 3 is 2.44 bits per heavy atom. The zero-order valence-corrected chi connectivity index (χ0v) is 10.9. The second-order valence-corrected chi connectivity index (χ2v) is 6.30. The molecule has 0 aliphatic carbocycles. The molecule has 18 heavy (non-hydrogen) atoms. The Hall–Kier alpha value is -1.18. The monoisotopic (exact) mass is 290 g/mol. The molecule has 0 unspecified atom stereocenters. The average Bonchev–Trinajstić information content (AvgIpc) is 2.82. The van der Waals surface area contributed by atoms with Gasteiger partial charge < -0.3 is 0 Å². The van der Waals surface area contributed by atoms with Crippen molar-refractivity contribution < 1.29 is 13.3 Å². The molecule has 0 aromatic heterocycles. The maximum atomic E-state index is 12.2. The van der Waals surface area contributed by atoms with E-state index in [4.69, 9.17) is 11.6 Å². The molecule has 1 aromatic carbocycles. The van der Waals surface area contributed by atoms with Crippen LogP contribution in [0.4, 0.5) is 5.69 Å². The number of nitro benzene ring substituents is 1. The van der Waals surface area contributed by atoms with Gasteiger partial charge in [0, 0.05) is 25.2 Å². The largest absolute Gasteiger partial charge is 0.270 e. The quantitative estimate of drug-likeness (QED) is 0.630. The number of halogens is 1. The predicted molar refractivity (Wildman–Crippen MR) is 66.1 cm³/mol. The van der Waals surface area contributed by atoms with Crippen LogP contribution in [0.3, 0.4) is 0 Å². The smallest absolute Gasteiger partial charge is 0.258 e. The normalized spacial score (nSPS) is 16.9. The Bertz CT molecular complexity index is 582. The van der Waals surface area contributed by atoms with E-state index in [0.29, 0.717) is 13.1 Å². The predicted octanol–water partition coefficient (Wildman–Crippen LogP) is 2.03. The Morgan fingerprint density at radius 2 is 1.89 bits per heavy atom. The lowest BCUT2D eigenvalue weighted by Gasteiger charge is -2.16. The van der Waals surface area contributed by atoms with Gasteiger partial charge in [0.05, 0.1) is 9.95 Å². The highest BCUT2D eigenvalue weighted by Gasteiger charge is 2.30. The number of benzene rings is 1. The molecule has 0 spiro atoms. The van der Waals surface area contributed by atoms with Crippen LogP contribution in [0.2, 0.25) is 5.02 Å². The summed E-state index contributed by atoms with van der Waals surface area (Å²) in [5.41, 5.74) is -0.280. The molecule has 98 valence electrons. The molecule has 0 amide bonds. The molecule has 8 heteroatoms. The van der Waals surface area contributed by atoms with Gasteiger partial charge in [0.1, 0.15) is 4.90 Å². The van der Waals surface area contributed by atoms with Crippen molar-refractivity contribution in [2.45, 2.75) is 17.7 Å². The minimum Gasteiger partial charge on any atom is -0.258 e. The summed E-state index contributed by atoms with van der Waals surface area (Å²) in [5, 5.41) is 10.7. The van der Waals surface area contributed by atoms with E-state index in [2.05, 4.69) is 0 Å². The number of nitrogens with zero attached hydrogens (tertiary/aromatic N) is 2. The summed E-state index contributed by atoms with van der Waals surface area (Å²) in [6, 6.07) is 3.43. The molecular formula is C10H11ClN2O4S. The number of hydrogen-bond donors (Lipinski definition) is 0. The third kappa shape index (κ3) is 2.33. The standard InChI is InChI=1S/C10H11ClN2O4S/c11-9-4-3-8(13(14)15)7-10(9)18(16,17)12-5-1-2-6-12/h3-4,7H,1-2,5-6H2. The molecule has 6 nitrogen and oxygen atoms in total. The first-order valence-corrected chi connectivity index (χ1v) is 7.19. The van der Waals surface area contributed by atoms with Crippen LogP contribution in [0.1, 0.15) is 12.8 Å². The van der Waals surface area contributed by atoms with Crippen molar-refractivity contribution in [3.05, 3.63) is 33.3 Å². The fourth-order valence-corrected chi connectivity index (χ4v) is 3.88. The molecule has 1 fully saturated rings. The van der Waals surface area contributed by atoms with Gasteiger partial charge in [-0.25, -0.2) is 8.42 Å².